The molecule has 2 rings (SSSR count). The van der Waals surface area contributed by atoms with Crippen LogP contribution in [0.4, 0.5) is 0 Å². The Labute approximate surface area is 87.4 Å². The van der Waals surface area contributed by atoms with Gasteiger partial charge in [-0.1, -0.05) is 24.3 Å². The van der Waals surface area contributed by atoms with Gasteiger partial charge in [-0.05, 0) is 5.56 Å². The van der Waals surface area contributed by atoms with Crippen LogP contribution in [0, 0.1) is 0 Å². The molecular formula is C11H12O4. The van der Waals surface area contributed by atoms with Crippen molar-refractivity contribution < 1.29 is 19.4 Å². The minimum Gasteiger partial charge on any atom is -0.479 e. The van der Waals surface area contributed by atoms with Crippen molar-refractivity contribution in [3.63, 3.8) is 0 Å². The number of fused-ring (bicyclic) bond motifs is 1. The molecule has 4 nitrogen and oxygen atoms in total. The lowest BCUT2D eigenvalue weighted by atomic mass is 9.88. The van der Waals surface area contributed by atoms with Crippen molar-refractivity contribution >= 4 is 5.97 Å². The molecule has 15 heavy (non-hydrogen) atoms. The normalized spacial score (nSPS) is 24.6. The molecule has 0 amide bonds. The van der Waals surface area contributed by atoms with Gasteiger partial charge in [-0.15, -0.1) is 0 Å². The summed E-state index contributed by atoms with van der Waals surface area (Å²) < 4.78 is 10.4. The summed E-state index contributed by atoms with van der Waals surface area (Å²) in [4.78, 5) is 11.3. The van der Waals surface area contributed by atoms with Crippen LogP contribution in [0.15, 0.2) is 24.3 Å². The highest BCUT2D eigenvalue weighted by Crippen LogP contribution is 2.33. The molecule has 4 heteroatoms. The van der Waals surface area contributed by atoms with Crippen LogP contribution in [0.2, 0.25) is 0 Å². The number of ether oxygens (including phenoxy) is 2. The molecule has 1 aromatic rings. The smallest absolute Gasteiger partial charge is 0.343 e. The Morgan fingerprint density at radius 2 is 2.27 bits per heavy atom. The summed E-state index contributed by atoms with van der Waals surface area (Å²) in [7, 11) is 1.39. The lowest BCUT2D eigenvalue weighted by Crippen LogP contribution is -2.45. The molecule has 0 aromatic heterocycles. The van der Waals surface area contributed by atoms with Gasteiger partial charge in [0.15, 0.2) is 0 Å². The molecule has 0 bridgehead atoms. The van der Waals surface area contributed by atoms with Crippen LogP contribution in [-0.2, 0) is 26.5 Å². The molecular weight excluding hydrogens is 196 g/mol. The highest BCUT2D eigenvalue weighted by Gasteiger charge is 2.44. The number of aliphatic carboxylic acids is 1. The molecule has 1 aliphatic heterocycles. The van der Waals surface area contributed by atoms with Gasteiger partial charge in [0.05, 0.1) is 13.2 Å². The Kier molecular flexibility index (Phi) is 2.46. The molecule has 1 atom stereocenters. The summed E-state index contributed by atoms with van der Waals surface area (Å²) in [6.07, 6.45) is 0. The molecule has 1 N–H and O–H groups in total. The van der Waals surface area contributed by atoms with Crippen LogP contribution in [0.1, 0.15) is 11.1 Å². The van der Waals surface area contributed by atoms with Crippen LogP contribution in [-0.4, -0.2) is 24.8 Å². The van der Waals surface area contributed by atoms with Crippen molar-refractivity contribution in [1.29, 1.82) is 0 Å². The van der Waals surface area contributed by atoms with Crippen molar-refractivity contribution in [3.05, 3.63) is 35.4 Å². The van der Waals surface area contributed by atoms with Crippen molar-refractivity contribution in [2.24, 2.45) is 0 Å². The number of rotatable bonds is 2. The molecule has 1 aliphatic rings. The van der Waals surface area contributed by atoms with E-state index in [-0.39, 0.29) is 6.61 Å². The van der Waals surface area contributed by atoms with Gasteiger partial charge in [-0.2, -0.15) is 0 Å². The Hall–Kier alpha value is -1.39. The zero-order chi connectivity index (χ0) is 10.9. The quantitative estimate of drug-likeness (QED) is 0.791. The highest BCUT2D eigenvalue weighted by atomic mass is 16.6. The number of methoxy groups -OCH3 is 1. The summed E-state index contributed by atoms with van der Waals surface area (Å²) in [6.45, 7) is 0.490. The Balaban J connectivity index is 2.57. The van der Waals surface area contributed by atoms with E-state index in [4.69, 9.17) is 9.47 Å². The van der Waals surface area contributed by atoms with Crippen LogP contribution in [0.25, 0.3) is 0 Å². The van der Waals surface area contributed by atoms with Gasteiger partial charge >= 0.3 is 5.97 Å². The largest absolute Gasteiger partial charge is 0.479 e. The highest BCUT2D eigenvalue weighted by molar-refractivity contribution is 5.80. The fraction of sp³-hybridized carbons (Fsp3) is 0.364. The average molecular weight is 208 g/mol. The first-order chi connectivity index (χ1) is 7.20. The van der Waals surface area contributed by atoms with Gasteiger partial charge in [0.25, 0.3) is 0 Å². The maximum Gasteiger partial charge on any atom is 0.343 e. The lowest BCUT2D eigenvalue weighted by Gasteiger charge is -2.33. The fourth-order valence-electron chi connectivity index (χ4n) is 1.86. The van der Waals surface area contributed by atoms with E-state index in [0.717, 1.165) is 5.56 Å². The monoisotopic (exact) mass is 208 g/mol. The van der Waals surface area contributed by atoms with Crippen molar-refractivity contribution in [2.45, 2.75) is 12.2 Å². The van der Waals surface area contributed by atoms with E-state index >= 15 is 0 Å². The third-order valence-corrected chi connectivity index (χ3v) is 2.71. The van der Waals surface area contributed by atoms with Crippen LogP contribution >= 0.6 is 0 Å². The predicted molar refractivity (Wildman–Crippen MR) is 52.4 cm³/mol. The second kappa shape index (κ2) is 3.64. The summed E-state index contributed by atoms with van der Waals surface area (Å²) in [5.41, 5.74) is 0.203. The van der Waals surface area contributed by atoms with E-state index in [1.807, 2.05) is 12.1 Å². The van der Waals surface area contributed by atoms with Crippen LogP contribution < -0.4 is 0 Å². The van der Waals surface area contributed by atoms with Crippen molar-refractivity contribution in [2.75, 3.05) is 13.7 Å². The summed E-state index contributed by atoms with van der Waals surface area (Å²) >= 11 is 0. The second-order valence-corrected chi connectivity index (χ2v) is 3.49. The molecule has 1 aromatic carbocycles. The molecule has 1 unspecified atom stereocenters. The van der Waals surface area contributed by atoms with Gasteiger partial charge in [0.1, 0.15) is 0 Å². The number of carboxylic acid groups (broad SMARTS) is 1. The van der Waals surface area contributed by atoms with E-state index in [2.05, 4.69) is 0 Å². The minimum atomic E-state index is -1.35. The van der Waals surface area contributed by atoms with Crippen LogP contribution in [0.5, 0.6) is 0 Å². The van der Waals surface area contributed by atoms with Crippen molar-refractivity contribution in [1.82, 2.24) is 0 Å². The van der Waals surface area contributed by atoms with Crippen LogP contribution in [0.3, 0.4) is 0 Å². The molecule has 0 fully saturated rings. The first kappa shape index (κ1) is 10.1. The molecule has 0 spiro atoms. The number of hydrogen-bond acceptors (Lipinski definition) is 3. The number of hydrogen-bond donors (Lipinski definition) is 1. The maximum atomic E-state index is 11.3. The number of benzene rings is 1. The van der Waals surface area contributed by atoms with Gasteiger partial charge < -0.3 is 14.6 Å². The van der Waals surface area contributed by atoms with Gasteiger partial charge in [0.2, 0.25) is 5.60 Å². The Morgan fingerprint density at radius 3 is 2.93 bits per heavy atom. The van der Waals surface area contributed by atoms with Gasteiger partial charge in [-0.25, -0.2) is 4.79 Å². The molecule has 1 heterocycles. The average Bonchev–Trinajstić information content (AvgIpc) is 2.28. The first-order valence-electron chi connectivity index (χ1n) is 4.65. The second-order valence-electron chi connectivity index (χ2n) is 3.49. The SMILES string of the molecule is COC1(C(=O)O)COCc2ccccc21. The number of carboxylic acids is 1. The molecule has 80 valence electrons. The first-order valence-corrected chi connectivity index (χ1v) is 4.65. The Morgan fingerprint density at radius 1 is 1.53 bits per heavy atom. The number of carbonyl (C=O) groups is 1. The molecule has 0 radical (unpaired) electrons. The molecule has 0 saturated heterocycles. The van der Waals surface area contributed by atoms with E-state index in [9.17, 15) is 9.90 Å². The zero-order valence-corrected chi connectivity index (χ0v) is 8.40. The fourth-order valence-corrected chi connectivity index (χ4v) is 1.86. The standard InChI is InChI=1S/C11H12O4/c1-14-11(10(12)13)7-15-6-8-4-2-3-5-9(8)11/h2-5H,6-7H2,1H3,(H,12,13). The minimum absolute atomic E-state index is 0.0514. The predicted octanol–water partition coefficient (Wildman–Crippen LogP) is 1.14. The van der Waals surface area contributed by atoms with Crippen molar-refractivity contribution in [3.8, 4) is 0 Å². The summed E-state index contributed by atoms with van der Waals surface area (Å²) in [5.74, 6) is -1.02. The zero-order valence-electron chi connectivity index (χ0n) is 8.40. The topological polar surface area (TPSA) is 55.8 Å². The third kappa shape index (κ3) is 1.42. The van der Waals surface area contributed by atoms with Gasteiger partial charge in [-0.3, -0.25) is 0 Å². The summed E-state index contributed by atoms with van der Waals surface area (Å²) in [6, 6.07) is 7.29. The maximum absolute atomic E-state index is 11.3. The Bertz CT molecular complexity index is 388. The lowest BCUT2D eigenvalue weighted by molar-refractivity contribution is -0.176. The van der Waals surface area contributed by atoms with E-state index in [1.54, 1.807) is 12.1 Å². The van der Waals surface area contributed by atoms with E-state index in [0.29, 0.717) is 12.2 Å². The molecule has 0 saturated carbocycles. The van der Waals surface area contributed by atoms with E-state index in [1.165, 1.54) is 7.11 Å². The van der Waals surface area contributed by atoms with Gasteiger partial charge in [0, 0.05) is 12.7 Å². The molecule has 0 aliphatic carbocycles. The summed E-state index contributed by atoms with van der Waals surface area (Å²) in [5, 5.41) is 9.23. The third-order valence-electron chi connectivity index (χ3n) is 2.71. The van der Waals surface area contributed by atoms with E-state index < -0.39 is 11.6 Å².